The quantitative estimate of drug-likeness (QED) is 0.460. The topological polar surface area (TPSA) is 35.2 Å². The van der Waals surface area contributed by atoms with E-state index in [0.717, 1.165) is 0 Å². The normalized spacial score (nSPS) is 7.38. The lowest BCUT2D eigenvalue weighted by Crippen LogP contribution is -1.97. The predicted octanol–water partition coefficient (Wildman–Crippen LogP) is 1.26. The number of hydrogen-bond acceptors (Lipinski definition) is 2. The Morgan fingerprint density at radius 3 is 2.25 bits per heavy atom. The minimum absolute atomic E-state index is 0. The van der Waals surface area contributed by atoms with Gasteiger partial charge in [-0.1, -0.05) is 11.6 Å². The van der Waals surface area contributed by atoms with Crippen LogP contribution in [0.15, 0.2) is 11.6 Å². The Morgan fingerprint density at radius 1 is 1.62 bits per heavy atom. The molecule has 0 aliphatic carbocycles. The highest BCUT2D eigenvalue weighted by molar-refractivity contribution is 5.85. The summed E-state index contributed by atoms with van der Waals surface area (Å²) in [5.41, 5.74) is 1.23. The zero-order chi connectivity index (χ0) is 5.70. The molecule has 0 aliphatic rings. The van der Waals surface area contributed by atoms with Crippen LogP contribution in [0.4, 0.5) is 0 Å². The van der Waals surface area contributed by atoms with Gasteiger partial charge in [0.15, 0.2) is 0 Å². The van der Waals surface area contributed by atoms with Gasteiger partial charge in [-0.3, -0.25) is 0 Å². The van der Waals surface area contributed by atoms with E-state index >= 15 is 0 Å². The first kappa shape index (κ1) is 10.8. The fraction of sp³-hybridized carbons (Fsp3) is 0.600. The first-order valence-corrected chi connectivity index (χ1v) is 2.22. The van der Waals surface area contributed by atoms with E-state index in [1.54, 1.807) is 0 Å². The van der Waals surface area contributed by atoms with E-state index in [-0.39, 0.29) is 12.4 Å². The summed E-state index contributed by atoms with van der Waals surface area (Å²) in [5, 5.41) is 0. The largest absolute Gasteiger partial charge is 0.300 e. The van der Waals surface area contributed by atoms with E-state index in [1.807, 2.05) is 19.9 Å². The van der Waals surface area contributed by atoms with Crippen molar-refractivity contribution in [1.82, 2.24) is 0 Å². The minimum atomic E-state index is 0. The van der Waals surface area contributed by atoms with E-state index in [9.17, 15) is 0 Å². The summed E-state index contributed by atoms with van der Waals surface area (Å²) in [4.78, 5) is 4.28. The van der Waals surface area contributed by atoms with Gasteiger partial charge in [0.1, 0.15) is 0 Å². The summed E-state index contributed by atoms with van der Waals surface area (Å²) in [5.74, 6) is 4.73. The van der Waals surface area contributed by atoms with E-state index in [0.29, 0.717) is 6.61 Å². The molecule has 8 heavy (non-hydrogen) atoms. The van der Waals surface area contributed by atoms with Gasteiger partial charge >= 0.3 is 0 Å². The Bertz CT molecular complexity index is 68.8. The van der Waals surface area contributed by atoms with Crippen molar-refractivity contribution in [3.05, 3.63) is 11.6 Å². The van der Waals surface area contributed by atoms with Crippen molar-refractivity contribution in [3.63, 3.8) is 0 Å². The third-order valence-corrected chi connectivity index (χ3v) is 0.588. The first-order valence-electron chi connectivity index (χ1n) is 2.22. The van der Waals surface area contributed by atoms with Crippen molar-refractivity contribution < 1.29 is 4.84 Å². The van der Waals surface area contributed by atoms with Crippen molar-refractivity contribution >= 4 is 12.4 Å². The van der Waals surface area contributed by atoms with Crippen LogP contribution in [0.3, 0.4) is 0 Å². The highest BCUT2D eigenvalue weighted by atomic mass is 35.5. The van der Waals surface area contributed by atoms with E-state index < -0.39 is 0 Å². The average molecular weight is 138 g/mol. The molecule has 0 rings (SSSR count). The molecule has 0 spiro atoms. The Labute approximate surface area is 56.1 Å². The second kappa shape index (κ2) is 6.95. The van der Waals surface area contributed by atoms with Crippen molar-refractivity contribution in [2.75, 3.05) is 6.61 Å². The molecule has 0 aromatic carbocycles. The summed E-state index contributed by atoms with van der Waals surface area (Å²) in [6.45, 7) is 4.51. The predicted molar refractivity (Wildman–Crippen MR) is 36.8 cm³/mol. The summed E-state index contributed by atoms with van der Waals surface area (Å²) >= 11 is 0. The van der Waals surface area contributed by atoms with Gasteiger partial charge in [-0.05, 0) is 13.8 Å². The summed E-state index contributed by atoms with van der Waals surface area (Å²) in [6.07, 6.45) is 1.92. The lowest BCUT2D eigenvalue weighted by Gasteiger charge is -1.87. The third kappa shape index (κ3) is 9.34. The maximum atomic E-state index is 4.73. The third-order valence-electron chi connectivity index (χ3n) is 0.588. The molecule has 0 radical (unpaired) electrons. The number of allylic oxidation sites excluding steroid dienone is 1. The van der Waals surface area contributed by atoms with Gasteiger partial charge < -0.3 is 4.84 Å². The van der Waals surface area contributed by atoms with Crippen molar-refractivity contribution in [2.24, 2.45) is 5.90 Å². The van der Waals surface area contributed by atoms with E-state index in [1.165, 1.54) is 5.57 Å². The van der Waals surface area contributed by atoms with Crippen LogP contribution in [-0.2, 0) is 4.84 Å². The molecule has 0 saturated heterocycles. The number of hydrogen-bond donors (Lipinski definition) is 1. The van der Waals surface area contributed by atoms with Crippen LogP contribution < -0.4 is 5.90 Å². The molecule has 0 fully saturated rings. The van der Waals surface area contributed by atoms with Gasteiger partial charge in [0.25, 0.3) is 0 Å². The number of halogens is 1. The van der Waals surface area contributed by atoms with Crippen LogP contribution in [-0.4, -0.2) is 6.61 Å². The Kier molecular flexibility index (Phi) is 9.42. The van der Waals surface area contributed by atoms with Crippen LogP contribution in [0.5, 0.6) is 0 Å². The number of nitrogens with two attached hydrogens (primary N) is 1. The highest BCUT2D eigenvalue weighted by Crippen LogP contribution is 1.85. The van der Waals surface area contributed by atoms with Crippen LogP contribution in [0.2, 0.25) is 0 Å². The van der Waals surface area contributed by atoms with Gasteiger partial charge in [0, 0.05) is 0 Å². The summed E-state index contributed by atoms with van der Waals surface area (Å²) < 4.78 is 0. The van der Waals surface area contributed by atoms with E-state index in [4.69, 9.17) is 5.90 Å². The molecule has 0 unspecified atom stereocenters. The van der Waals surface area contributed by atoms with Crippen LogP contribution in [0.25, 0.3) is 0 Å². The maximum Gasteiger partial charge on any atom is 0.0863 e. The average Bonchev–Trinajstić information content (AvgIpc) is 1.61. The molecule has 0 heterocycles. The van der Waals surface area contributed by atoms with Crippen LogP contribution in [0.1, 0.15) is 13.8 Å². The molecule has 0 saturated carbocycles. The second-order valence-electron chi connectivity index (χ2n) is 1.61. The fourth-order valence-electron chi connectivity index (χ4n) is 0.215. The van der Waals surface area contributed by atoms with Gasteiger partial charge in [0.05, 0.1) is 6.61 Å². The summed E-state index contributed by atoms with van der Waals surface area (Å²) in [6, 6.07) is 0. The lowest BCUT2D eigenvalue weighted by molar-refractivity contribution is 0.167. The Morgan fingerprint density at radius 2 is 2.12 bits per heavy atom. The fourth-order valence-corrected chi connectivity index (χ4v) is 0.215. The maximum absolute atomic E-state index is 4.73. The van der Waals surface area contributed by atoms with Crippen LogP contribution >= 0.6 is 12.4 Å². The highest BCUT2D eigenvalue weighted by Gasteiger charge is 1.72. The summed E-state index contributed by atoms with van der Waals surface area (Å²) in [7, 11) is 0. The molecule has 50 valence electrons. The molecule has 0 bridgehead atoms. The molecular formula is C5H12ClNO. The Hall–Kier alpha value is -0.0500. The van der Waals surface area contributed by atoms with Crippen molar-refractivity contribution in [3.8, 4) is 0 Å². The molecule has 0 aromatic rings. The SMILES string of the molecule is CC(C)=CCON.Cl. The second-order valence-corrected chi connectivity index (χ2v) is 1.61. The standard InChI is InChI=1S/C5H11NO.ClH/c1-5(2)3-4-7-6;/h3H,4,6H2,1-2H3;1H. The Balaban J connectivity index is 0. The monoisotopic (exact) mass is 137 g/mol. The number of rotatable bonds is 2. The minimum Gasteiger partial charge on any atom is -0.300 e. The molecule has 0 aliphatic heterocycles. The molecule has 2 nitrogen and oxygen atoms in total. The van der Waals surface area contributed by atoms with Gasteiger partial charge in [-0.2, -0.15) is 0 Å². The van der Waals surface area contributed by atoms with Gasteiger partial charge in [-0.15, -0.1) is 12.4 Å². The van der Waals surface area contributed by atoms with Gasteiger partial charge in [0.2, 0.25) is 0 Å². The zero-order valence-corrected chi connectivity index (χ0v) is 5.99. The lowest BCUT2D eigenvalue weighted by atomic mass is 10.3. The molecule has 3 heteroatoms. The molecule has 0 aromatic heterocycles. The molecule has 0 amide bonds. The first-order chi connectivity index (χ1) is 3.27. The smallest absolute Gasteiger partial charge is 0.0863 e. The van der Waals surface area contributed by atoms with Crippen molar-refractivity contribution in [2.45, 2.75) is 13.8 Å². The zero-order valence-electron chi connectivity index (χ0n) is 5.18. The van der Waals surface area contributed by atoms with Crippen molar-refractivity contribution in [1.29, 1.82) is 0 Å². The van der Waals surface area contributed by atoms with Gasteiger partial charge in [-0.25, -0.2) is 5.90 Å². The molecule has 2 N–H and O–H groups in total. The molecular weight excluding hydrogens is 126 g/mol. The molecule has 0 atom stereocenters. The van der Waals surface area contributed by atoms with E-state index in [2.05, 4.69) is 4.84 Å². The van der Waals surface area contributed by atoms with Crippen LogP contribution in [0, 0.1) is 0 Å².